The number of para-hydroxylation sites is 1. The van der Waals surface area contributed by atoms with Crippen LogP contribution in [0.15, 0.2) is 18.2 Å². The predicted molar refractivity (Wildman–Crippen MR) is 76.5 cm³/mol. The lowest BCUT2D eigenvalue weighted by Crippen LogP contribution is -2.45. The van der Waals surface area contributed by atoms with Gasteiger partial charge in [0, 0.05) is 23.6 Å². The summed E-state index contributed by atoms with van der Waals surface area (Å²) in [6, 6.07) is 5.57. The molecule has 3 N–H and O–H groups in total. The molecule has 0 aliphatic carbocycles. The highest BCUT2D eigenvalue weighted by atomic mass is 32.2. The Kier molecular flexibility index (Phi) is 3.71. The van der Waals surface area contributed by atoms with Crippen LogP contribution in [0, 0.1) is 0 Å². The summed E-state index contributed by atoms with van der Waals surface area (Å²) in [7, 11) is 0. The van der Waals surface area contributed by atoms with E-state index in [1.807, 2.05) is 17.8 Å². The predicted octanol–water partition coefficient (Wildman–Crippen LogP) is 2.30. The van der Waals surface area contributed by atoms with Crippen LogP contribution in [-0.4, -0.2) is 34.7 Å². The maximum absolute atomic E-state index is 11.1. The lowest BCUT2D eigenvalue weighted by atomic mass is 10.1. The maximum atomic E-state index is 11.1. The quantitative estimate of drug-likeness (QED) is 0.804. The second-order valence-electron chi connectivity index (χ2n) is 4.55. The first-order valence-electron chi connectivity index (χ1n) is 6.02. The first-order valence-corrected chi connectivity index (χ1v) is 7.07. The first-order chi connectivity index (χ1) is 8.52. The van der Waals surface area contributed by atoms with Crippen molar-refractivity contribution in [2.24, 2.45) is 0 Å². The molecular formula is C13H18N2O2S. The number of thioether (sulfide) groups is 1. The van der Waals surface area contributed by atoms with E-state index < -0.39 is 5.97 Å². The first kappa shape index (κ1) is 13.1. The molecule has 0 spiro atoms. The second kappa shape index (κ2) is 5.10. The Labute approximate surface area is 111 Å². The van der Waals surface area contributed by atoms with Crippen LogP contribution in [0.2, 0.25) is 0 Å². The van der Waals surface area contributed by atoms with Gasteiger partial charge in [-0.05, 0) is 19.1 Å². The number of carboxylic acids is 1. The molecule has 1 heterocycles. The highest BCUT2D eigenvalue weighted by molar-refractivity contribution is 8.00. The third-order valence-corrected chi connectivity index (χ3v) is 4.84. The van der Waals surface area contributed by atoms with Gasteiger partial charge in [0.25, 0.3) is 0 Å². The van der Waals surface area contributed by atoms with Crippen LogP contribution in [0.1, 0.15) is 24.2 Å². The standard InChI is InChI=1S/C13H18N2O2S/c1-8-9(2)18-7-6-15(8)11-5-3-4-10(12(11)14)13(16)17/h3-5,8-9H,6-7,14H2,1-2H3,(H,16,17). The Balaban J connectivity index is 2.38. The van der Waals surface area contributed by atoms with E-state index in [4.69, 9.17) is 10.8 Å². The minimum Gasteiger partial charge on any atom is -0.478 e. The third kappa shape index (κ3) is 2.27. The van der Waals surface area contributed by atoms with E-state index in [0.29, 0.717) is 17.0 Å². The summed E-state index contributed by atoms with van der Waals surface area (Å²) < 4.78 is 0. The van der Waals surface area contributed by atoms with E-state index in [1.54, 1.807) is 12.1 Å². The molecule has 1 fully saturated rings. The number of hydrogen-bond donors (Lipinski definition) is 2. The molecule has 98 valence electrons. The van der Waals surface area contributed by atoms with Crippen molar-refractivity contribution in [2.75, 3.05) is 22.9 Å². The third-order valence-electron chi connectivity index (χ3n) is 3.51. The Bertz CT molecular complexity index is 464. The number of rotatable bonds is 2. The summed E-state index contributed by atoms with van der Waals surface area (Å²) in [6.45, 7) is 5.26. The lowest BCUT2D eigenvalue weighted by Gasteiger charge is -2.39. The zero-order valence-corrected chi connectivity index (χ0v) is 11.4. The molecule has 1 aromatic rings. The van der Waals surface area contributed by atoms with E-state index in [1.165, 1.54) is 0 Å². The maximum Gasteiger partial charge on any atom is 0.337 e. The largest absolute Gasteiger partial charge is 0.478 e. The Morgan fingerprint density at radius 2 is 2.22 bits per heavy atom. The van der Waals surface area contributed by atoms with Crippen LogP contribution in [0.4, 0.5) is 11.4 Å². The number of carbonyl (C=O) groups is 1. The van der Waals surface area contributed by atoms with Crippen molar-refractivity contribution < 1.29 is 9.90 Å². The molecular weight excluding hydrogens is 248 g/mol. The van der Waals surface area contributed by atoms with Crippen LogP contribution < -0.4 is 10.6 Å². The summed E-state index contributed by atoms with van der Waals surface area (Å²) in [4.78, 5) is 13.3. The summed E-state index contributed by atoms with van der Waals surface area (Å²) in [5.41, 5.74) is 7.39. The molecule has 0 bridgehead atoms. The van der Waals surface area contributed by atoms with Crippen molar-refractivity contribution in [3.8, 4) is 0 Å². The number of anilines is 2. The number of nitrogens with two attached hydrogens (primary N) is 1. The van der Waals surface area contributed by atoms with Crippen molar-refractivity contribution in [1.82, 2.24) is 0 Å². The van der Waals surface area contributed by atoms with Gasteiger partial charge in [-0.3, -0.25) is 0 Å². The number of nitrogens with zero attached hydrogens (tertiary/aromatic N) is 1. The summed E-state index contributed by atoms with van der Waals surface area (Å²) in [5.74, 6) is 0.0730. The van der Waals surface area contributed by atoms with E-state index in [2.05, 4.69) is 18.7 Å². The van der Waals surface area contributed by atoms with Crippen LogP contribution in [0.3, 0.4) is 0 Å². The molecule has 18 heavy (non-hydrogen) atoms. The molecule has 0 amide bonds. The molecule has 4 nitrogen and oxygen atoms in total. The molecule has 1 aromatic carbocycles. The number of benzene rings is 1. The van der Waals surface area contributed by atoms with Gasteiger partial charge in [-0.15, -0.1) is 0 Å². The second-order valence-corrected chi connectivity index (χ2v) is 6.04. The number of hydrogen-bond acceptors (Lipinski definition) is 4. The smallest absolute Gasteiger partial charge is 0.337 e. The van der Waals surface area contributed by atoms with E-state index in [-0.39, 0.29) is 5.56 Å². The minimum atomic E-state index is -0.971. The highest BCUT2D eigenvalue weighted by Crippen LogP contribution is 2.33. The monoisotopic (exact) mass is 266 g/mol. The summed E-state index contributed by atoms with van der Waals surface area (Å²) in [5, 5.41) is 9.62. The SMILES string of the molecule is CC1SCCN(c2cccc(C(=O)O)c2N)C1C. The molecule has 1 aliphatic heterocycles. The van der Waals surface area contributed by atoms with Crippen molar-refractivity contribution in [1.29, 1.82) is 0 Å². The zero-order valence-electron chi connectivity index (χ0n) is 10.6. The summed E-state index contributed by atoms with van der Waals surface area (Å²) >= 11 is 1.94. The normalized spacial score (nSPS) is 24.0. The van der Waals surface area contributed by atoms with Gasteiger partial charge in [0.2, 0.25) is 0 Å². The van der Waals surface area contributed by atoms with Gasteiger partial charge in [0.15, 0.2) is 0 Å². The molecule has 2 rings (SSSR count). The number of nitrogen functional groups attached to an aromatic ring is 1. The Morgan fingerprint density at radius 3 is 2.89 bits per heavy atom. The number of aromatic carboxylic acids is 1. The highest BCUT2D eigenvalue weighted by Gasteiger charge is 2.27. The molecule has 2 atom stereocenters. The Morgan fingerprint density at radius 1 is 1.50 bits per heavy atom. The van der Waals surface area contributed by atoms with E-state index in [0.717, 1.165) is 18.0 Å². The molecule has 0 radical (unpaired) electrons. The van der Waals surface area contributed by atoms with Crippen molar-refractivity contribution >= 4 is 29.1 Å². The van der Waals surface area contributed by atoms with Gasteiger partial charge >= 0.3 is 5.97 Å². The van der Waals surface area contributed by atoms with Crippen molar-refractivity contribution in [3.05, 3.63) is 23.8 Å². The molecule has 5 heteroatoms. The molecule has 0 aromatic heterocycles. The van der Waals surface area contributed by atoms with E-state index in [9.17, 15) is 4.79 Å². The molecule has 1 saturated heterocycles. The zero-order chi connectivity index (χ0) is 13.3. The minimum absolute atomic E-state index is 0.186. The fraction of sp³-hybridized carbons (Fsp3) is 0.462. The molecule has 1 aliphatic rings. The van der Waals surface area contributed by atoms with Gasteiger partial charge in [-0.2, -0.15) is 11.8 Å². The summed E-state index contributed by atoms with van der Waals surface area (Å²) in [6.07, 6.45) is 0. The van der Waals surface area contributed by atoms with Gasteiger partial charge in [0.1, 0.15) is 0 Å². The molecule has 0 saturated carbocycles. The van der Waals surface area contributed by atoms with Crippen molar-refractivity contribution in [3.63, 3.8) is 0 Å². The van der Waals surface area contributed by atoms with Gasteiger partial charge < -0.3 is 15.7 Å². The lowest BCUT2D eigenvalue weighted by molar-refractivity contribution is 0.0698. The average Bonchev–Trinajstić information content (AvgIpc) is 2.33. The van der Waals surface area contributed by atoms with Gasteiger partial charge in [-0.1, -0.05) is 13.0 Å². The Hall–Kier alpha value is -1.36. The van der Waals surface area contributed by atoms with Gasteiger partial charge in [0.05, 0.1) is 16.9 Å². The molecule has 2 unspecified atom stereocenters. The van der Waals surface area contributed by atoms with Crippen LogP contribution in [-0.2, 0) is 0 Å². The topological polar surface area (TPSA) is 66.6 Å². The fourth-order valence-corrected chi connectivity index (χ4v) is 3.36. The fourth-order valence-electron chi connectivity index (χ4n) is 2.26. The van der Waals surface area contributed by atoms with E-state index >= 15 is 0 Å². The average molecular weight is 266 g/mol. The van der Waals surface area contributed by atoms with Crippen LogP contribution in [0.25, 0.3) is 0 Å². The van der Waals surface area contributed by atoms with Gasteiger partial charge in [-0.25, -0.2) is 4.79 Å². The van der Waals surface area contributed by atoms with Crippen molar-refractivity contribution in [2.45, 2.75) is 25.1 Å². The van der Waals surface area contributed by atoms with Crippen LogP contribution in [0.5, 0.6) is 0 Å². The number of carboxylic acid groups (broad SMARTS) is 1. The van der Waals surface area contributed by atoms with Crippen LogP contribution >= 0.6 is 11.8 Å².